The topological polar surface area (TPSA) is 75.7 Å². The van der Waals surface area contributed by atoms with E-state index in [1.807, 2.05) is 24.3 Å². The molecule has 2 aromatic carbocycles. The summed E-state index contributed by atoms with van der Waals surface area (Å²) in [6, 6.07) is 11.2. The number of benzene rings is 2. The molecule has 0 aliphatic carbocycles. The van der Waals surface area contributed by atoms with Crippen LogP contribution in [0.25, 0.3) is 0 Å². The third kappa shape index (κ3) is 6.27. The van der Waals surface area contributed by atoms with E-state index in [1.165, 1.54) is 25.1 Å². The number of carbonyl (C=O) groups is 1. The van der Waals surface area contributed by atoms with Gasteiger partial charge in [-0.15, -0.1) is 0 Å². The Labute approximate surface area is 188 Å². The van der Waals surface area contributed by atoms with Gasteiger partial charge in [0, 0.05) is 0 Å². The van der Waals surface area contributed by atoms with Crippen LogP contribution in [0.3, 0.4) is 0 Å². The summed E-state index contributed by atoms with van der Waals surface area (Å²) in [6.07, 6.45) is 1.03. The number of nitrogens with one attached hydrogen (secondary N) is 1. The fourth-order valence-electron chi connectivity index (χ4n) is 3.00. The molecule has 9 heteroatoms. The first kappa shape index (κ1) is 24.3. The first-order chi connectivity index (χ1) is 14.0. The second-order valence-corrected chi connectivity index (χ2v) is 9.84. The molecule has 0 spiro atoms. The lowest BCUT2D eigenvalue weighted by molar-refractivity contribution is -0.121. The maximum atomic E-state index is 12.6. The third-order valence-electron chi connectivity index (χ3n) is 4.45. The second-order valence-electron chi connectivity index (χ2n) is 7.17. The minimum absolute atomic E-state index is 0.202. The maximum absolute atomic E-state index is 12.6. The second kappa shape index (κ2) is 10.4. The molecule has 0 aliphatic rings. The highest BCUT2D eigenvalue weighted by molar-refractivity contribution is 7.92. The van der Waals surface area contributed by atoms with Gasteiger partial charge in [-0.2, -0.15) is 0 Å². The van der Waals surface area contributed by atoms with Crippen LogP contribution >= 0.6 is 23.2 Å². The van der Waals surface area contributed by atoms with Gasteiger partial charge >= 0.3 is 0 Å². The van der Waals surface area contributed by atoms with Gasteiger partial charge in [-0.05, 0) is 42.7 Å². The van der Waals surface area contributed by atoms with Crippen LogP contribution in [0.2, 0.25) is 10.0 Å². The molecule has 0 saturated heterocycles. The van der Waals surface area contributed by atoms with E-state index in [-0.39, 0.29) is 23.9 Å². The van der Waals surface area contributed by atoms with E-state index in [2.05, 4.69) is 19.2 Å². The molecule has 164 valence electrons. The number of hydrogen-bond donors (Lipinski definition) is 1. The summed E-state index contributed by atoms with van der Waals surface area (Å²) < 4.78 is 31.5. The Morgan fingerprint density at radius 1 is 1.10 bits per heavy atom. The van der Waals surface area contributed by atoms with Crippen LogP contribution in [0.5, 0.6) is 5.75 Å². The molecule has 2 aromatic rings. The highest BCUT2D eigenvalue weighted by Crippen LogP contribution is 2.29. The Morgan fingerprint density at radius 2 is 1.77 bits per heavy atom. The predicted octanol–water partition coefficient (Wildman–Crippen LogP) is 4.47. The van der Waals surface area contributed by atoms with E-state index in [4.69, 9.17) is 27.9 Å². The molecular formula is C21H26Cl2N2O4S. The fourth-order valence-corrected chi connectivity index (χ4v) is 4.46. The zero-order valence-electron chi connectivity index (χ0n) is 17.4. The van der Waals surface area contributed by atoms with E-state index in [0.717, 1.165) is 21.9 Å². The number of para-hydroxylation sites is 1. The zero-order valence-corrected chi connectivity index (χ0v) is 19.7. The van der Waals surface area contributed by atoms with Crippen molar-refractivity contribution in [2.24, 2.45) is 0 Å². The van der Waals surface area contributed by atoms with E-state index in [9.17, 15) is 13.2 Å². The number of anilines is 1. The van der Waals surface area contributed by atoms with E-state index in [0.29, 0.717) is 10.9 Å². The summed E-state index contributed by atoms with van der Waals surface area (Å²) in [4.78, 5) is 12.6. The minimum Gasteiger partial charge on any atom is -0.491 e. The van der Waals surface area contributed by atoms with Gasteiger partial charge < -0.3 is 10.1 Å². The van der Waals surface area contributed by atoms with Crippen molar-refractivity contribution in [1.29, 1.82) is 0 Å². The van der Waals surface area contributed by atoms with E-state index in [1.54, 1.807) is 0 Å². The lowest BCUT2D eigenvalue weighted by atomic mass is 10.0. The van der Waals surface area contributed by atoms with Gasteiger partial charge in [-0.25, -0.2) is 8.42 Å². The Balaban J connectivity index is 2.03. The highest BCUT2D eigenvalue weighted by atomic mass is 35.5. The SMILES string of the molecule is CC(C)c1ccccc1OCCNC(=O)[C@H](C)N(c1ccc(Cl)c(Cl)c1)S(C)(=O)=O. The van der Waals surface area contributed by atoms with Crippen molar-refractivity contribution in [2.45, 2.75) is 32.7 Å². The standard InChI is InChI=1S/C21H26Cl2N2O4S/c1-14(2)17-7-5-6-8-20(17)29-12-11-24-21(26)15(3)25(30(4,27)28)16-9-10-18(22)19(23)13-16/h5-10,13-15H,11-12H2,1-4H3,(H,24,26)/t15-/m0/s1. The van der Waals surface area contributed by atoms with Gasteiger partial charge in [0.1, 0.15) is 18.4 Å². The molecule has 0 radical (unpaired) electrons. The molecule has 0 unspecified atom stereocenters. The molecule has 0 bridgehead atoms. The third-order valence-corrected chi connectivity index (χ3v) is 6.43. The predicted molar refractivity (Wildman–Crippen MR) is 122 cm³/mol. The lowest BCUT2D eigenvalue weighted by Gasteiger charge is -2.28. The van der Waals surface area contributed by atoms with Crippen molar-refractivity contribution in [2.75, 3.05) is 23.7 Å². The molecular weight excluding hydrogens is 447 g/mol. The Bertz CT molecular complexity index is 996. The number of carbonyl (C=O) groups excluding carboxylic acids is 1. The number of nitrogens with zero attached hydrogens (tertiary/aromatic N) is 1. The summed E-state index contributed by atoms with van der Waals surface area (Å²) in [7, 11) is -3.74. The van der Waals surface area contributed by atoms with Crippen molar-refractivity contribution < 1.29 is 17.9 Å². The number of sulfonamides is 1. The molecule has 1 amide bonds. The molecule has 0 aromatic heterocycles. The van der Waals surface area contributed by atoms with Gasteiger partial charge in [-0.3, -0.25) is 9.10 Å². The molecule has 2 rings (SSSR count). The van der Waals surface area contributed by atoms with Crippen molar-refractivity contribution in [3.63, 3.8) is 0 Å². The lowest BCUT2D eigenvalue weighted by Crippen LogP contribution is -2.48. The molecule has 0 fully saturated rings. The van der Waals surface area contributed by atoms with Crippen molar-refractivity contribution in [3.8, 4) is 5.75 Å². The van der Waals surface area contributed by atoms with Crippen LogP contribution in [0.4, 0.5) is 5.69 Å². The van der Waals surface area contributed by atoms with Crippen molar-refractivity contribution in [1.82, 2.24) is 5.32 Å². The van der Waals surface area contributed by atoms with Crippen LogP contribution < -0.4 is 14.4 Å². The van der Waals surface area contributed by atoms with Gasteiger partial charge in [-0.1, -0.05) is 55.2 Å². The summed E-state index contributed by atoms with van der Waals surface area (Å²) in [5, 5.41) is 3.22. The van der Waals surface area contributed by atoms with Gasteiger partial charge in [0.2, 0.25) is 15.9 Å². The molecule has 30 heavy (non-hydrogen) atoms. The summed E-state index contributed by atoms with van der Waals surface area (Å²) in [6.45, 7) is 6.15. The number of amides is 1. The van der Waals surface area contributed by atoms with Crippen LogP contribution in [0, 0.1) is 0 Å². The Kier molecular flexibility index (Phi) is 8.41. The Morgan fingerprint density at radius 3 is 2.37 bits per heavy atom. The van der Waals surface area contributed by atoms with E-state index >= 15 is 0 Å². The first-order valence-electron chi connectivity index (χ1n) is 9.46. The van der Waals surface area contributed by atoms with Crippen LogP contribution in [-0.4, -0.2) is 39.8 Å². The molecule has 6 nitrogen and oxygen atoms in total. The average Bonchev–Trinajstić information content (AvgIpc) is 2.67. The molecule has 0 saturated carbocycles. The van der Waals surface area contributed by atoms with Gasteiger partial charge in [0.15, 0.2) is 0 Å². The molecule has 0 heterocycles. The van der Waals surface area contributed by atoms with Crippen LogP contribution in [-0.2, 0) is 14.8 Å². The highest BCUT2D eigenvalue weighted by Gasteiger charge is 2.29. The summed E-state index contributed by atoms with van der Waals surface area (Å²) in [5.41, 5.74) is 1.34. The Hall–Kier alpha value is -1.96. The number of halogens is 2. The van der Waals surface area contributed by atoms with Crippen molar-refractivity contribution in [3.05, 3.63) is 58.1 Å². The van der Waals surface area contributed by atoms with Gasteiger partial charge in [0.05, 0.1) is 28.5 Å². The molecule has 1 N–H and O–H groups in total. The number of rotatable bonds is 9. The van der Waals surface area contributed by atoms with Gasteiger partial charge in [0.25, 0.3) is 0 Å². The first-order valence-corrected chi connectivity index (χ1v) is 12.1. The quantitative estimate of drug-likeness (QED) is 0.546. The summed E-state index contributed by atoms with van der Waals surface area (Å²) >= 11 is 11.9. The van der Waals surface area contributed by atoms with Crippen LogP contribution in [0.1, 0.15) is 32.3 Å². The average molecular weight is 473 g/mol. The maximum Gasteiger partial charge on any atom is 0.243 e. The molecule has 1 atom stereocenters. The zero-order chi connectivity index (χ0) is 22.5. The normalized spacial score (nSPS) is 12.5. The largest absolute Gasteiger partial charge is 0.491 e. The minimum atomic E-state index is -3.74. The van der Waals surface area contributed by atoms with Crippen molar-refractivity contribution >= 4 is 44.8 Å². The van der Waals surface area contributed by atoms with Crippen LogP contribution in [0.15, 0.2) is 42.5 Å². The smallest absolute Gasteiger partial charge is 0.243 e. The molecule has 0 aliphatic heterocycles. The van der Waals surface area contributed by atoms with E-state index < -0.39 is 22.0 Å². The fraction of sp³-hybridized carbons (Fsp3) is 0.381. The number of ether oxygens (including phenoxy) is 1. The summed E-state index contributed by atoms with van der Waals surface area (Å²) in [5.74, 6) is 0.626. The monoisotopic (exact) mass is 472 g/mol. The number of hydrogen-bond acceptors (Lipinski definition) is 4.